The van der Waals surface area contributed by atoms with Crippen LogP contribution in [0.4, 0.5) is 0 Å². The third-order valence-electron chi connectivity index (χ3n) is 13.0. The van der Waals surface area contributed by atoms with Crippen LogP contribution in [0.5, 0.6) is 0 Å². The standard InChI is InChI=1S/C59H34N4OS/c1-2-12-35(13-3-1)36-22-24-38(25-23-36)57-60-58(41-27-29-55-46(31-41)44-19-9-11-21-54(44)65-55)62-59(61-57)47-34-53-48(56-42-17-7-6-14-37(42)26-28-52(56)64-53)33-51(47)63-49-20-10-8-18-43(49)45-30-39-15-4-5-16-40(39)32-50(45)63/h1-34H. The quantitative estimate of drug-likeness (QED) is 0.173. The summed E-state index contributed by atoms with van der Waals surface area (Å²) in [6, 6.07) is 73.3. The lowest BCUT2D eigenvalue weighted by Gasteiger charge is -2.15. The van der Waals surface area contributed by atoms with Gasteiger partial charge >= 0.3 is 0 Å². The number of benzene rings is 10. The molecule has 0 bridgehead atoms. The van der Waals surface area contributed by atoms with Gasteiger partial charge in [-0.25, -0.2) is 15.0 Å². The van der Waals surface area contributed by atoms with Crippen molar-refractivity contribution in [1.82, 2.24) is 19.5 Å². The van der Waals surface area contributed by atoms with E-state index in [9.17, 15) is 0 Å². The van der Waals surface area contributed by atoms with Crippen molar-refractivity contribution in [2.75, 3.05) is 0 Å². The Kier molecular flexibility index (Phi) is 7.79. The Morgan fingerprint density at radius 3 is 1.83 bits per heavy atom. The summed E-state index contributed by atoms with van der Waals surface area (Å²) < 4.78 is 11.7. The average Bonchev–Trinajstić information content (AvgIpc) is 4.04. The molecule has 0 unspecified atom stereocenters. The molecule has 14 rings (SSSR count). The summed E-state index contributed by atoms with van der Waals surface area (Å²) in [6.07, 6.45) is 0. The van der Waals surface area contributed by atoms with Crippen LogP contribution in [0.2, 0.25) is 0 Å². The minimum Gasteiger partial charge on any atom is -0.456 e. The van der Waals surface area contributed by atoms with Crippen LogP contribution in [0.15, 0.2) is 211 Å². The average molecular weight is 847 g/mol. The second-order valence-corrected chi connectivity index (χ2v) is 17.8. The number of hydrogen-bond acceptors (Lipinski definition) is 5. The Labute approximate surface area is 376 Å². The fourth-order valence-electron chi connectivity index (χ4n) is 9.92. The van der Waals surface area contributed by atoms with Gasteiger partial charge in [0.15, 0.2) is 17.5 Å². The van der Waals surface area contributed by atoms with Crippen LogP contribution in [-0.4, -0.2) is 19.5 Å². The third kappa shape index (κ3) is 5.67. The van der Waals surface area contributed by atoms with Crippen LogP contribution in [0.1, 0.15) is 0 Å². The first-order chi connectivity index (χ1) is 32.2. The number of hydrogen-bond donors (Lipinski definition) is 0. The number of thiophene rings is 1. The lowest BCUT2D eigenvalue weighted by molar-refractivity contribution is 0.669. The smallest absolute Gasteiger partial charge is 0.166 e. The molecule has 10 aromatic carbocycles. The van der Waals surface area contributed by atoms with Gasteiger partial charge in [-0.05, 0) is 93.3 Å². The van der Waals surface area contributed by atoms with Crippen LogP contribution >= 0.6 is 11.3 Å². The Hall–Kier alpha value is -8.45. The predicted molar refractivity (Wildman–Crippen MR) is 271 cm³/mol. The lowest BCUT2D eigenvalue weighted by Crippen LogP contribution is -2.04. The second-order valence-electron chi connectivity index (χ2n) is 16.8. The van der Waals surface area contributed by atoms with Crippen molar-refractivity contribution in [2.45, 2.75) is 0 Å². The highest BCUT2D eigenvalue weighted by Gasteiger charge is 2.23. The third-order valence-corrected chi connectivity index (χ3v) is 14.2. The van der Waals surface area contributed by atoms with Crippen molar-refractivity contribution in [1.29, 1.82) is 0 Å². The molecule has 65 heavy (non-hydrogen) atoms. The van der Waals surface area contributed by atoms with Crippen molar-refractivity contribution in [3.63, 3.8) is 0 Å². The zero-order chi connectivity index (χ0) is 42.6. The molecule has 4 aromatic heterocycles. The minimum atomic E-state index is 0.557. The molecule has 0 amide bonds. The van der Waals surface area contributed by atoms with Crippen LogP contribution in [-0.2, 0) is 0 Å². The second kappa shape index (κ2) is 14.0. The van der Waals surface area contributed by atoms with E-state index < -0.39 is 0 Å². The topological polar surface area (TPSA) is 56.7 Å². The fraction of sp³-hybridized carbons (Fsp3) is 0. The molecule has 0 radical (unpaired) electrons. The van der Waals surface area contributed by atoms with E-state index in [1.807, 2.05) is 6.07 Å². The van der Waals surface area contributed by atoms with Gasteiger partial charge in [0.1, 0.15) is 11.2 Å². The van der Waals surface area contributed by atoms with Gasteiger partial charge in [-0.3, -0.25) is 0 Å². The molecule has 0 fully saturated rings. The summed E-state index contributed by atoms with van der Waals surface area (Å²) in [6.45, 7) is 0. The first kappa shape index (κ1) is 36.1. The van der Waals surface area contributed by atoms with E-state index in [0.717, 1.165) is 77.2 Å². The lowest BCUT2D eigenvalue weighted by atomic mass is 10.0. The van der Waals surface area contributed by atoms with Crippen LogP contribution < -0.4 is 0 Å². The molecule has 0 aliphatic rings. The number of furan rings is 1. The summed E-state index contributed by atoms with van der Waals surface area (Å²) in [5.41, 5.74) is 9.70. The minimum absolute atomic E-state index is 0.557. The van der Waals surface area contributed by atoms with E-state index in [-0.39, 0.29) is 0 Å². The van der Waals surface area contributed by atoms with Gasteiger partial charge in [0, 0.05) is 58.4 Å². The molecule has 302 valence electrons. The zero-order valence-electron chi connectivity index (χ0n) is 34.7. The molecule has 0 N–H and O–H groups in total. The Balaban J connectivity index is 1.08. The van der Waals surface area contributed by atoms with Gasteiger partial charge in [-0.1, -0.05) is 146 Å². The molecule has 0 aliphatic carbocycles. The van der Waals surface area contributed by atoms with Crippen molar-refractivity contribution in [3.8, 4) is 51.0 Å². The van der Waals surface area contributed by atoms with Crippen molar-refractivity contribution in [3.05, 3.63) is 206 Å². The highest BCUT2D eigenvalue weighted by molar-refractivity contribution is 7.25. The number of nitrogens with zero attached hydrogens (tertiary/aromatic N) is 4. The Morgan fingerprint density at radius 1 is 0.354 bits per heavy atom. The van der Waals surface area contributed by atoms with Gasteiger partial charge in [-0.2, -0.15) is 0 Å². The highest BCUT2D eigenvalue weighted by Crippen LogP contribution is 2.44. The van der Waals surface area contributed by atoms with E-state index >= 15 is 0 Å². The first-order valence-electron chi connectivity index (χ1n) is 21.8. The maximum absolute atomic E-state index is 6.81. The summed E-state index contributed by atoms with van der Waals surface area (Å²) in [5, 5.41) is 11.6. The SMILES string of the molecule is c1ccc(-c2ccc(-c3nc(-c4ccc5sc6ccccc6c5c4)nc(-c4cc5oc6ccc7ccccc7c6c5cc4-n4c5ccccc5c5cc6ccccc6cc54)n3)cc2)cc1. The normalized spacial score (nSPS) is 12.0. The molecule has 5 nitrogen and oxygen atoms in total. The number of para-hydroxylation sites is 1. The molecule has 0 aliphatic heterocycles. The molecule has 14 aromatic rings. The molecule has 0 atom stereocenters. The predicted octanol–water partition coefficient (Wildman–Crippen LogP) is 16.2. The van der Waals surface area contributed by atoms with Gasteiger partial charge in [-0.15, -0.1) is 11.3 Å². The van der Waals surface area contributed by atoms with Crippen molar-refractivity contribution in [2.24, 2.45) is 0 Å². The van der Waals surface area contributed by atoms with Gasteiger partial charge in [0.25, 0.3) is 0 Å². The maximum atomic E-state index is 6.81. The molecule has 0 saturated carbocycles. The molecular weight excluding hydrogens is 813 g/mol. The van der Waals surface area contributed by atoms with Crippen molar-refractivity contribution < 1.29 is 4.42 Å². The Bertz CT molecular complexity index is 4240. The highest BCUT2D eigenvalue weighted by atomic mass is 32.1. The van der Waals surface area contributed by atoms with Crippen molar-refractivity contribution >= 4 is 96.8 Å². The molecule has 0 spiro atoms. The zero-order valence-corrected chi connectivity index (χ0v) is 35.6. The molecule has 0 saturated heterocycles. The van der Waals surface area contributed by atoms with Gasteiger partial charge in [0.2, 0.25) is 0 Å². The Morgan fingerprint density at radius 2 is 0.985 bits per heavy atom. The number of rotatable bonds is 5. The van der Waals surface area contributed by atoms with E-state index in [4.69, 9.17) is 19.4 Å². The van der Waals surface area contributed by atoms with E-state index in [2.05, 4.69) is 205 Å². The van der Waals surface area contributed by atoms with E-state index in [1.165, 1.54) is 41.7 Å². The van der Waals surface area contributed by atoms with Crippen LogP contribution in [0.25, 0.3) is 136 Å². The van der Waals surface area contributed by atoms with Crippen LogP contribution in [0, 0.1) is 0 Å². The monoisotopic (exact) mass is 846 g/mol. The summed E-state index contributed by atoms with van der Waals surface area (Å²) in [7, 11) is 0. The molecular formula is C59H34N4OS. The van der Waals surface area contributed by atoms with E-state index in [1.54, 1.807) is 11.3 Å². The summed E-state index contributed by atoms with van der Waals surface area (Å²) >= 11 is 1.80. The maximum Gasteiger partial charge on any atom is 0.166 e. The fourth-order valence-corrected chi connectivity index (χ4v) is 11.0. The van der Waals surface area contributed by atoms with Gasteiger partial charge < -0.3 is 8.98 Å². The number of fused-ring (bicyclic) bond motifs is 12. The first-order valence-corrected chi connectivity index (χ1v) is 22.6. The largest absolute Gasteiger partial charge is 0.456 e. The number of aromatic nitrogens is 4. The summed E-state index contributed by atoms with van der Waals surface area (Å²) in [4.78, 5) is 16.2. The summed E-state index contributed by atoms with van der Waals surface area (Å²) in [5.74, 6) is 1.75. The molecule has 4 heterocycles. The van der Waals surface area contributed by atoms with Crippen LogP contribution in [0.3, 0.4) is 0 Å². The van der Waals surface area contributed by atoms with E-state index in [0.29, 0.717) is 17.5 Å². The van der Waals surface area contributed by atoms with Gasteiger partial charge in [0.05, 0.1) is 16.7 Å². The molecule has 6 heteroatoms.